The Bertz CT molecular complexity index is 1240. The van der Waals surface area contributed by atoms with Gasteiger partial charge >= 0.3 is 5.97 Å². The summed E-state index contributed by atoms with van der Waals surface area (Å²) in [6.07, 6.45) is 8.49. The first kappa shape index (κ1) is 25.2. The van der Waals surface area contributed by atoms with Crippen molar-refractivity contribution in [2.45, 2.75) is 64.7 Å². The van der Waals surface area contributed by atoms with Crippen LogP contribution < -0.4 is 9.64 Å². The van der Waals surface area contributed by atoms with E-state index in [9.17, 15) is 4.79 Å². The van der Waals surface area contributed by atoms with Crippen LogP contribution in [0.3, 0.4) is 0 Å². The zero-order valence-corrected chi connectivity index (χ0v) is 21.9. The molecule has 1 fully saturated rings. The van der Waals surface area contributed by atoms with Crippen molar-refractivity contribution < 1.29 is 14.6 Å². The molecule has 0 amide bonds. The summed E-state index contributed by atoms with van der Waals surface area (Å²) in [6, 6.07) is 14.7. The van der Waals surface area contributed by atoms with Gasteiger partial charge in [-0.25, -0.2) is 9.97 Å². The molecule has 0 unspecified atom stereocenters. The lowest BCUT2D eigenvalue weighted by atomic mass is 9.98. The molecule has 6 heteroatoms. The number of aromatic nitrogens is 2. The predicted molar refractivity (Wildman–Crippen MR) is 146 cm³/mol. The molecule has 1 atom stereocenters. The molecule has 1 aromatic heterocycles. The predicted octanol–water partition coefficient (Wildman–Crippen LogP) is 6.20. The van der Waals surface area contributed by atoms with Gasteiger partial charge in [-0.3, -0.25) is 4.79 Å². The summed E-state index contributed by atoms with van der Waals surface area (Å²) >= 11 is 0. The maximum atomic E-state index is 11.1. The summed E-state index contributed by atoms with van der Waals surface area (Å²) in [5.74, 6) is 2.83. The lowest BCUT2D eigenvalue weighted by Crippen LogP contribution is -2.29. The van der Waals surface area contributed by atoms with Crippen LogP contribution in [0.25, 0.3) is 11.4 Å². The van der Waals surface area contributed by atoms with Gasteiger partial charge in [-0.2, -0.15) is 0 Å². The summed E-state index contributed by atoms with van der Waals surface area (Å²) in [5.41, 5.74) is 5.87. The van der Waals surface area contributed by atoms with Crippen LogP contribution in [0.15, 0.2) is 48.7 Å². The highest BCUT2D eigenvalue weighted by atomic mass is 16.5. The number of fused-ring (bicyclic) bond motifs is 1. The van der Waals surface area contributed by atoms with E-state index in [1.807, 2.05) is 12.3 Å². The fourth-order valence-corrected chi connectivity index (χ4v) is 5.32. The number of benzene rings is 2. The van der Waals surface area contributed by atoms with Gasteiger partial charge in [0.15, 0.2) is 5.82 Å². The first-order chi connectivity index (χ1) is 18.0. The molecule has 5 rings (SSSR count). The van der Waals surface area contributed by atoms with Gasteiger partial charge in [0, 0.05) is 30.4 Å². The second kappa shape index (κ2) is 11.3. The number of hydrogen-bond donors (Lipinski definition) is 1. The second-order valence-corrected chi connectivity index (χ2v) is 10.5. The lowest BCUT2D eigenvalue weighted by Gasteiger charge is -2.25. The Hall–Kier alpha value is -3.41. The average Bonchev–Trinajstić information content (AvgIpc) is 3.65. The van der Waals surface area contributed by atoms with Crippen LogP contribution in [0.4, 0.5) is 5.82 Å². The van der Waals surface area contributed by atoms with E-state index in [0.29, 0.717) is 6.61 Å². The molecule has 194 valence electrons. The maximum Gasteiger partial charge on any atom is 0.303 e. The molecule has 2 aliphatic carbocycles. The number of nitrogens with zero attached hydrogens (tertiary/aromatic N) is 3. The number of carbonyl (C=O) groups is 1. The fraction of sp³-hybridized carbons (Fsp3) is 0.452. The van der Waals surface area contributed by atoms with E-state index in [2.05, 4.69) is 60.1 Å². The van der Waals surface area contributed by atoms with Crippen LogP contribution in [-0.2, 0) is 17.6 Å². The maximum absolute atomic E-state index is 11.1. The van der Waals surface area contributed by atoms with E-state index in [4.69, 9.17) is 14.8 Å². The minimum Gasteiger partial charge on any atom is -0.494 e. The quantitative estimate of drug-likeness (QED) is 0.299. The van der Waals surface area contributed by atoms with Crippen LogP contribution in [0.2, 0.25) is 0 Å². The summed E-state index contributed by atoms with van der Waals surface area (Å²) in [6.45, 7) is 6.80. The molecule has 0 bridgehead atoms. The molecule has 3 aromatic rings. The molecule has 37 heavy (non-hydrogen) atoms. The fourth-order valence-electron chi connectivity index (χ4n) is 5.32. The number of anilines is 1. The van der Waals surface area contributed by atoms with Gasteiger partial charge in [0.05, 0.1) is 13.0 Å². The van der Waals surface area contributed by atoms with E-state index < -0.39 is 5.97 Å². The van der Waals surface area contributed by atoms with E-state index in [1.54, 1.807) is 0 Å². The Morgan fingerprint density at radius 3 is 2.68 bits per heavy atom. The number of ether oxygens (including phenoxy) is 1. The highest BCUT2D eigenvalue weighted by molar-refractivity contribution is 5.68. The number of aryl methyl sites for hydroxylation is 3. The Balaban J connectivity index is 1.22. The Morgan fingerprint density at radius 1 is 1.14 bits per heavy atom. The van der Waals surface area contributed by atoms with Gasteiger partial charge in [-0.05, 0) is 86.1 Å². The average molecular weight is 500 g/mol. The molecular formula is C31H37N3O3. The van der Waals surface area contributed by atoms with Crippen molar-refractivity contribution in [1.82, 2.24) is 9.97 Å². The van der Waals surface area contributed by atoms with Crippen LogP contribution in [0, 0.1) is 12.8 Å². The van der Waals surface area contributed by atoms with Crippen molar-refractivity contribution >= 4 is 11.8 Å². The number of hydrogen-bond acceptors (Lipinski definition) is 5. The SMILES string of the molecule is CCc1ccc(-c2ncc(C)c(N(CCCOc3ccc4c(c3)CC[C@H]4CC(=O)O)CC3CC3)n2)cc1. The van der Waals surface area contributed by atoms with Crippen LogP contribution in [-0.4, -0.2) is 40.7 Å². The minimum absolute atomic E-state index is 0.128. The summed E-state index contributed by atoms with van der Waals surface area (Å²) in [7, 11) is 0. The Morgan fingerprint density at radius 2 is 1.95 bits per heavy atom. The summed E-state index contributed by atoms with van der Waals surface area (Å²) < 4.78 is 6.12. The summed E-state index contributed by atoms with van der Waals surface area (Å²) in [5, 5.41) is 9.16. The molecule has 1 heterocycles. The van der Waals surface area contributed by atoms with Crippen molar-refractivity contribution in [3.05, 3.63) is 70.9 Å². The van der Waals surface area contributed by atoms with E-state index >= 15 is 0 Å². The number of rotatable bonds is 12. The zero-order valence-electron chi connectivity index (χ0n) is 21.9. The molecule has 1 saturated carbocycles. The third-order valence-electron chi connectivity index (χ3n) is 7.62. The standard InChI is InChI=1S/C31H37N3O3/c1-3-22-7-9-24(10-8-22)30-32-19-21(2)31(33-30)34(20-23-5-6-23)15-4-16-37-27-13-14-28-25(17-27)11-12-26(28)18-29(35)36/h7-10,13-14,17,19,23,26H,3-6,11-12,15-16,18,20H2,1-2H3,(H,35,36)/t26-/m0/s1. The molecule has 2 aliphatic rings. The lowest BCUT2D eigenvalue weighted by molar-refractivity contribution is -0.137. The Kier molecular flexibility index (Phi) is 7.73. The van der Waals surface area contributed by atoms with Gasteiger partial charge in [0.2, 0.25) is 0 Å². The molecule has 0 spiro atoms. The smallest absolute Gasteiger partial charge is 0.303 e. The largest absolute Gasteiger partial charge is 0.494 e. The molecule has 0 radical (unpaired) electrons. The van der Waals surface area contributed by atoms with Crippen molar-refractivity contribution in [2.24, 2.45) is 5.92 Å². The third-order valence-corrected chi connectivity index (χ3v) is 7.62. The van der Waals surface area contributed by atoms with Gasteiger partial charge in [-0.15, -0.1) is 0 Å². The highest BCUT2D eigenvalue weighted by Crippen LogP contribution is 2.37. The van der Waals surface area contributed by atoms with Crippen molar-refractivity contribution in [3.8, 4) is 17.1 Å². The number of carboxylic acid groups (broad SMARTS) is 1. The van der Waals surface area contributed by atoms with Crippen molar-refractivity contribution in [1.29, 1.82) is 0 Å². The third kappa shape index (κ3) is 6.30. The molecule has 2 aromatic carbocycles. The van der Waals surface area contributed by atoms with Gasteiger partial charge in [-0.1, -0.05) is 37.3 Å². The van der Waals surface area contributed by atoms with Crippen LogP contribution in [0.1, 0.15) is 67.2 Å². The molecule has 6 nitrogen and oxygen atoms in total. The van der Waals surface area contributed by atoms with Gasteiger partial charge in [0.1, 0.15) is 11.6 Å². The normalized spacial score (nSPS) is 16.4. The number of aliphatic carboxylic acids is 1. The highest BCUT2D eigenvalue weighted by Gasteiger charge is 2.27. The minimum atomic E-state index is -0.727. The Labute approximate surface area is 219 Å². The van der Waals surface area contributed by atoms with Crippen LogP contribution in [0.5, 0.6) is 5.75 Å². The van der Waals surface area contributed by atoms with E-state index in [-0.39, 0.29) is 12.3 Å². The van der Waals surface area contributed by atoms with E-state index in [0.717, 1.165) is 73.2 Å². The zero-order chi connectivity index (χ0) is 25.8. The van der Waals surface area contributed by atoms with Gasteiger partial charge < -0.3 is 14.7 Å². The van der Waals surface area contributed by atoms with Gasteiger partial charge in [0.25, 0.3) is 0 Å². The molecular weight excluding hydrogens is 462 g/mol. The molecule has 0 saturated heterocycles. The monoisotopic (exact) mass is 499 g/mol. The van der Waals surface area contributed by atoms with Crippen LogP contribution >= 0.6 is 0 Å². The first-order valence-electron chi connectivity index (χ1n) is 13.7. The molecule has 0 aliphatic heterocycles. The number of carboxylic acids is 1. The van der Waals surface area contributed by atoms with E-state index in [1.165, 1.54) is 29.5 Å². The van der Waals surface area contributed by atoms with Crippen molar-refractivity contribution in [3.63, 3.8) is 0 Å². The summed E-state index contributed by atoms with van der Waals surface area (Å²) in [4.78, 5) is 23.2. The first-order valence-corrected chi connectivity index (χ1v) is 13.7. The van der Waals surface area contributed by atoms with Crippen molar-refractivity contribution in [2.75, 3.05) is 24.6 Å². The molecule has 1 N–H and O–H groups in total. The second-order valence-electron chi connectivity index (χ2n) is 10.5. The topological polar surface area (TPSA) is 75.6 Å².